The van der Waals surface area contributed by atoms with Crippen LogP contribution in [0.4, 0.5) is 0 Å². The van der Waals surface area contributed by atoms with Crippen LogP contribution < -0.4 is 28.4 Å². The van der Waals surface area contributed by atoms with E-state index in [1.165, 1.54) is 57.8 Å². The van der Waals surface area contributed by atoms with Gasteiger partial charge in [-0.15, -0.1) is 12.0 Å². The predicted octanol–water partition coefficient (Wildman–Crippen LogP) is 23.6. The Balaban J connectivity index is 1.10. The second-order valence-electron chi connectivity index (χ2n) is 26.9. The van der Waals surface area contributed by atoms with Gasteiger partial charge in [-0.3, -0.25) is 0 Å². The molecule has 0 aliphatic rings. The van der Waals surface area contributed by atoms with Crippen molar-refractivity contribution in [2.24, 2.45) is 0 Å². The highest BCUT2D eigenvalue weighted by Crippen LogP contribution is 2.34. The van der Waals surface area contributed by atoms with Crippen molar-refractivity contribution < 1.29 is 28.4 Å². The summed E-state index contributed by atoms with van der Waals surface area (Å²) in [5, 5.41) is 0. The lowest BCUT2D eigenvalue weighted by molar-refractivity contribution is 0.295. The van der Waals surface area contributed by atoms with Gasteiger partial charge in [0.1, 0.15) is 42.6 Å². The van der Waals surface area contributed by atoms with Gasteiger partial charge in [0.25, 0.3) is 0 Å². The monoisotopic (exact) mass is 1350 g/mol. The molecule has 0 aromatic heterocycles. The van der Waals surface area contributed by atoms with E-state index in [4.69, 9.17) is 34.8 Å². The zero-order chi connectivity index (χ0) is 70.8. The van der Waals surface area contributed by atoms with Gasteiger partial charge in [-0.1, -0.05) is 284 Å². The Hall–Kier alpha value is -9.08. The maximum Gasteiger partial charge on any atom is 0.136 e. The molecule has 0 unspecified atom stereocenters. The molecule has 7 rings (SSSR count). The fourth-order valence-corrected chi connectivity index (χ4v) is 11.6. The molecule has 6 nitrogen and oxygen atoms in total. The van der Waals surface area contributed by atoms with Crippen LogP contribution in [0.1, 0.15) is 251 Å². The highest BCUT2D eigenvalue weighted by Gasteiger charge is 2.16. The first-order chi connectivity index (χ1) is 48.9. The van der Waals surface area contributed by atoms with Gasteiger partial charge < -0.3 is 28.4 Å². The van der Waals surface area contributed by atoms with E-state index in [1.54, 1.807) is 0 Å². The van der Waals surface area contributed by atoms with Crippen molar-refractivity contribution >= 4 is 8.07 Å². The molecule has 0 heterocycles. The largest absolute Gasteiger partial charge is 0.492 e. The van der Waals surface area contributed by atoms with Crippen LogP contribution >= 0.6 is 0 Å². The molecule has 0 saturated heterocycles. The van der Waals surface area contributed by atoms with E-state index in [0.29, 0.717) is 68.2 Å². The summed E-state index contributed by atoms with van der Waals surface area (Å²) >= 11 is 0. The Kier molecular flexibility index (Phi) is 35.1. The molecule has 0 radical (unpaired) electrons. The molecule has 0 aliphatic carbocycles. The van der Waals surface area contributed by atoms with Gasteiger partial charge in [0.15, 0.2) is 0 Å². The van der Waals surface area contributed by atoms with Crippen molar-refractivity contribution in [3.8, 4) is 128 Å². The quantitative estimate of drug-likeness (QED) is 0.0218. The highest BCUT2D eigenvalue weighted by atomic mass is 28.3. The second kappa shape index (κ2) is 44.8. The van der Waals surface area contributed by atoms with Crippen LogP contribution in [-0.4, -0.2) is 47.7 Å². The number of ether oxygens (including phenoxy) is 6. The van der Waals surface area contributed by atoms with E-state index in [0.717, 1.165) is 180 Å². The lowest BCUT2D eigenvalue weighted by atomic mass is 10.0. The fourth-order valence-electron chi connectivity index (χ4n) is 11.1. The Morgan fingerprint density at radius 3 is 0.650 bits per heavy atom. The summed E-state index contributed by atoms with van der Waals surface area (Å²) in [4.78, 5) is 0. The molecule has 0 spiro atoms. The molecule has 7 aromatic carbocycles. The lowest BCUT2D eigenvalue weighted by Crippen LogP contribution is -2.16. The Bertz CT molecular complexity index is 3990. The summed E-state index contributed by atoms with van der Waals surface area (Å²) in [5.41, 5.74) is 16.2. The van der Waals surface area contributed by atoms with Crippen molar-refractivity contribution in [1.82, 2.24) is 0 Å². The topological polar surface area (TPSA) is 55.4 Å². The van der Waals surface area contributed by atoms with Gasteiger partial charge in [0.05, 0.1) is 73.0 Å². The number of hydrogen-bond acceptors (Lipinski definition) is 6. The minimum atomic E-state index is -1.65. The Morgan fingerprint density at radius 2 is 0.450 bits per heavy atom. The van der Waals surface area contributed by atoms with E-state index in [2.05, 4.69) is 229 Å². The van der Waals surface area contributed by atoms with Crippen LogP contribution in [0, 0.1) is 71.2 Å². The average Bonchev–Trinajstić information content (AvgIpc) is 0.838. The molecular weight excluding hydrogens is 1240 g/mol. The van der Waals surface area contributed by atoms with Gasteiger partial charge in [-0.2, -0.15) is 0 Å². The molecule has 0 fully saturated rings. The predicted molar refractivity (Wildman–Crippen MR) is 423 cm³/mol. The average molecular weight is 1350 g/mol. The number of benzene rings is 7. The second-order valence-corrected chi connectivity index (χ2v) is 31.7. The van der Waals surface area contributed by atoms with E-state index >= 15 is 0 Å². The summed E-state index contributed by atoms with van der Waals surface area (Å²) in [7, 11) is -1.65. The molecule has 0 aliphatic heterocycles. The molecule has 7 aromatic rings. The number of unbranched alkanes of at least 4 members (excludes halogenated alkanes) is 18. The van der Waals surface area contributed by atoms with Crippen molar-refractivity contribution in [3.05, 3.63) is 189 Å². The summed E-state index contributed by atoms with van der Waals surface area (Å²) < 4.78 is 38.7. The molecule has 522 valence electrons. The molecule has 100 heavy (non-hydrogen) atoms. The van der Waals surface area contributed by atoms with Crippen LogP contribution in [0.5, 0.6) is 34.5 Å². The SMILES string of the molecule is C#Cc1cc(OCCCCCC)c(C#Cc2ccc(-c3ccc(C#Cc4cc(OCCCCCC)c(C#Cc5ccc(-c6ccc(C#Cc7cc(OCCCCCC)c(C#C[Si](C)(C)C)cc7OCCCCCC)cc6)cc5)cc4OCCCCCC)cc3)cc2)cc1OCCCCCC. The smallest absolute Gasteiger partial charge is 0.136 e. The zero-order valence-electron chi connectivity index (χ0n) is 61.9. The third kappa shape index (κ3) is 27.9. The van der Waals surface area contributed by atoms with Gasteiger partial charge in [0.2, 0.25) is 0 Å². The van der Waals surface area contributed by atoms with Crippen LogP contribution in [0.25, 0.3) is 22.3 Å². The molecule has 0 bridgehead atoms. The van der Waals surface area contributed by atoms with Crippen LogP contribution in [0.15, 0.2) is 133 Å². The summed E-state index contributed by atoms with van der Waals surface area (Å²) in [6, 6.07) is 45.6. The first kappa shape index (κ1) is 78.3. The fraction of sp³-hybridized carbons (Fsp3) is 0.419. The van der Waals surface area contributed by atoms with E-state index in [9.17, 15) is 0 Å². The van der Waals surface area contributed by atoms with E-state index in [1.807, 2.05) is 30.3 Å². The van der Waals surface area contributed by atoms with E-state index < -0.39 is 8.07 Å². The third-order valence-electron chi connectivity index (χ3n) is 17.1. The summed E-state index contributed by atoms with van der Waals surface area (Å²) in [5.74, 6) is 38.2. The molecular formula is C93H110O6Si. The minimum Gasteiger partial charge on any atom is -0.492 e. The standard InChI is InChI=1S/C93H110O6Si/c1-11-18-24-30-61-94-88-69-83(89(68-78(88)17-7)95-62-31-25-19-12-2)56-44-74-36-48-79(49-37-74)80-50-38-75(39-51-80)45-57-84-70-91(97-64-33-27-21-14-4)85(71-90(84)96-63-32-26-20-13-3)58-46-76-40-52-81(53-41-76)82-54-42-77(43-55-82)47-59-86-72-93(99-66-35-29-23-16-6)87(60-67-100(8,9)10)73-92(86)98-65-34-28-22-15-5/h7,36-43,48-55,68-73H,11-16,18-35,61-66H2,1-6,8-10H3. The van der Waals surface area contributed by atoms with Crippen molar-refractivity contribution in [2.75, 3.05) is 39.6 Å². The summed E-state index contributed by atoms with van der Waals surface area (Å²) in [6.07, 6.45) is 32.7. The summed E-state index contributed by atoms with van der Waals surface area (Å²) in [6.45, 7) is 23.8. The van der Waals surface area contributed by atoms with Crippen molar-refractivity contribution in [3.63, 3.8) is 0 Å². The van der Waals surface area contributed by atoms with Crippen molar-refractivity contribution in [1.29, 1.82) is 0 Å². The third-order valence-corrected chi connectivity index (χ3v) is 18.0. The lowest BCUT2D eigenvalue weighted by Gasteiger charge is -2.14. The number of terminal acetylenes is 1. The zero-order valence-corrected chi connectivity index (χ0v) is 62.9. The van der Waals surface area contributed by atoms with Crippen molar-refractivity contribution in [2.45, 2.75) is 215 Å². The van der Waals surface area contributed by atoms with Crippen LogP contribution in [-0.2, 0) is 0 Å². The molecule has 0 N–H and O–H groups in total. The van der Waals surface area contributed by atoms with Crippen LogP contribution in [0.2, 0.25) is 19.6 Å². The van der Waals surface area contributed by atoms with Gasteiger partial charge in [0, 0.05) is 58.7 Å². The Labute approximate surface area is 604 Å². The maximum atomic E-state index is 6.59. The van der Waals surface area contributed by atoms with E-state index in [-0.39, 0.29) is 0 Å². The molecule has 0 amide bonds. The first-order valence-electron chi connectivity index (χ1n) is 37.7. The highest BCUT2D eigenvalue weighted by molar-refractivity contribution is 6.83. The van der Waals surface area contributed by atoms with Gasteiger partial charge in [-0.25, -0.2) is 0 Å². The minimum absolute atomic E-state index is 0.587. The molecule has 0 atom stereocenters. The van der Waals surface area contributed by atoms with Crippen LogP contribution in [0.3, 0.4) is 0 Å². The number of rotatable bonds is 38. The van der Waals surface area contributed by atoms with Gasteiger partial charge >= 0.3 is 0 Å². The normalized spacial score (nSPS) is 10.6. The number of hydrogen-bond donors (Lipinski definition) is 0. The molecule has 0 saturated carbocycles. The Morgan fingerprint density at radius 1 is 0.250 bits per heavy atom. The van der Waals surface area contributed by atoms with Gasteiger partial charge in [-0.05, 0) is 109 Å². The first-order valence-corrected chi connectivity index (χ1v) is 41.2. The maximum absolute atomic E-state index is 6.59. The molecule has 7 heteroatoms.